The van der Waals surface area contributed by atoms with E-state index in [0.29, 0.717) is 34.8 Å². The zero-order chi connectivity index (χ0) is 16.8. The van der Waals surface area contributed by atoms with Crippen LogP contribution in [0.1, 0.15) is 15.9 Å². The Morgan fingerprint density at radius 2 is 1.92 bits per heavy atom. The Morgan fingerprint density at radius 1 is 1.12 bits per heavy atom. The van der Waals surface area contributed by atoms with Crippen molar-refractivity contribution in [2.75, 3.05) is 12.4 Å². The summed E-state index contributed by atoms with van der Waals surface area (Å²) in [6.07, 6.45) is 0.786. The number of carbonyl (C=O) groups excluding carboxylic acids is 1. The van der Waals surface area contributed by atoms with Crippen LogP contribution in [0.15, 0.2) is 58.2 Å². The summed E-state index contributed by atoms with van der Waals surface area (Å²) in [5.74, 6) is 1.73. The lowest BCUT2D eigenvalue weighted by atomic mass is 10.1. The van der Waals surface area contributed by atoms with E-state index in [1.165, 1.54) is 17.3 Å². The molecule has 0 atom stereocenters. The van der Waals surface area contributed by atoms with Crippen molar-refractivity contribution in [2.24, 2.45) is 0 Å². The van der Waals surface area contributed by atoms with Crippen LogP contribution in [0.3, 0.4) is 0 Å². The van der Waals surface area contributed by atoms with Gasteiger partial charge in [0.05, 0.1) is 12.2 Å². The fourth-order valence-corrected chi connectivity index (χ4v) is 2.65. The Morgan fingerprint density at radius 3 is 2.71 bits per heavy atom. The van der Waals surface area contributed by atoms with Gasteiger partial charge in [0.1, 0.15) is 5.75 Å². The van der Waals surface area contributed by atoms with Crippen LogP contribution in [0.2, 0.25) is 0 Å². The second-order valence-electron chi connectivity index (χ2n) is 5.09. The zero-order valence-corrected chi connectivity index (χ0v) is 14.0. The quantitative estimate of drug-likeness (QED) is 0.367. The van der Waals surface area contributed by atoms with Crippen molar-refractivity contribution < 1.29 is 13.9 Å². The first-order valence-corrected chi connectivity index (χ1v) is 8.45. The lowest BCUT2D eigenvalue weighted by Gasteiger charge is -2.06. The number of nitrogens with zero attached hydrogens (tertiary/aromatic N) is 2. The van der Waals surface area contributed by atoms with E-state index in [1.807, 2.05) is 37.3 Å². The van der Waals surface area contributed by atoms with E-state index in [4.69, 9.17) is 9.15 Å². The predicted molar refractivity (Wildman–Crippen MR) is 92.5 cm³/mol. The zero-order valence-electron chi connectivity index (χ0n) is 13.1. The van der Waals surface area contributed by atoms with Gasteiger partial charge in [-0.05, 0) is 31.2 Å². The summed E-state index contributed by atoms with van der Waals surface area (Å²) in [6.45, 7) is 2.47. The molecule has 1 heterocycles. The minimum atomic E-state index is 0.442. The highest BCUT2D eigenvalue weighted by molar-refractivity contribution is 7.99. The van der Waals surface area contributed by atoms with Gasteiger partial charge in [0, 0.05) is 11.3 Å². The van der Waals surface area contributed by atoms with E-state index in [0.717, 1.165) is 11.8 Å². The molecule has 5 nitrogen and oxygen atoms in total. The molecule has 2 aromatic carbocycles. The van der Waals surface area contributed by atoms with E-state index >= 15 is 0 Å². The molecule has 0 spiro atoms. The van der Waals surface area contributed by atoms with Gasteiger partial charge in [0.15, 0.2) is 6.29 Å². The van der Waals surface area contributed by atoms with Gasteiger partial charge in [-0.2, -0.15) is 0 Å². The molecule has 6 heteroatoms. The van der Waals surface area contributed by atoms with Gasteiger partial charge >= 0.3 is 0 Å². The van der Waals surface area contributed by atoms with Gasteiger partial charge in [0.2, 0.25) is 5.89 Å². The van der Waals surface area contributed by atoms with Crippen molar-refractivity contribution >= 4 is 18.0 Å². The molecule has 0 bridgehead atoms. The molecule has 0 saturated heterocycles. The number of para-hydroxylation sites is 1. The Bertz CT molecular complexity index is 815. The first-order valence-electron chi connectivity index (χ1n) is 7.46. The summed E-state index contributed by atoms with van der Waals surface area (Å²) in [7, 11) is 0. The maximum atomic E-state index is 10.9. The van der Waals surface area contributed by atoms with Crippen LogP contribution in [0, 0.1) is 6.92 Å². The number of benzene rings is 2. The van der Waals surface area contributed by atoms with E-state index in [9.17, 15) is 4.79 Å². The standard InChI is InChI=1S/C18H16N2O3S/c1-13-6-8-14(9-7-13)17-19-20-18(23-17)24-11-10-22-16-5-3-2-4-15(16)12-21/h2-9,12H,10-11H2,1H3. The molecule has 0 aliphatic rings. The summed E-state index contributed by atoms with van der Waals surface area (Å²) < 4.78 is 11.2. The number of aldehydes is 1. The van der Waals surface area contributed by atoms with E-state index in [-0.39, 0.29) is 0 Å². The normalized spacial score (nSPS) is 10.5. The molecule has 0 radical (unpaired) electrons. The first-order chi connectivity index (χ1) is 11.8. The highest BCUT2D eigenvalue weighted by atomic mass is 32.2. The summed E-state index contributed by atoms with van der Waals surface area (Å²) in [5.41, 5.74) is 2.62. The van der Waals surface area contributed by atoms with Crippen LogP contribution >= 0.6 is 11.8 Å². The van der Waals surface area contributed by atoms with Gasteiger partial charge in [-0.25, -0.2) is 0 Å². The second kappa shape index (κ2) is 7.79. The highest BCUT2D eigenvalue weighted by Gasteiger charge is 2.09. The van der Waals surface area contributed by atoms with Crippen molar-refractivity contribution in [3.8, 4) is 17.2 Å². The molecule has 0 aliphatic heterocycles. The summed E-state index contributed by atoms with van der Waals surface area (Å²) in [4.78, 5) is 10.9. The number of rotatable bonds is 7. The molecular formula is C18H16N2O3S. The summed E-state index contributed by atoms with van der Waals surface area (Å²) in [6, 6.07) is 15.1. The third-order valence-electron chi connectivity index (χ3n) is 3.32. The fraction of sp³-hybridized carbons (Fsp3) is 0.167. The van der Waals surface area contributed by atoms with Gasteiger partial charge < -0.3 is 9.15 Å². The topological polar surface area (TPSA) is 65.2 Å². The van der Waals surface area contributed by atoms with Crippen LogP contribution in [-0.2, 0) is 0 Å². The Hall–Kier alpha value is -2.60. The molecular weight excluding hydrogens is 324 g/mol. The van der Waals surface area contributed by atoms with E-state index in [1.54, 1.807) is 18.2 Å². The monoisotopic (exact) mass is 340 g/mol. The van der Waals surface area contributed by atoms with Crippen molar-refractivity contribution in [3.63, 3.8) is 0 Å². The molecule has 122 valence electrons. The lowest BCUT2D eigenvalue weighted by molar-refractivity contribution is 0.112. The van der Waals surface area contributed by atoms with Gasteiger partial charge in [-0.3, -0.25) is 4.79 Å². The van der Waals surface area contributed by atoms with E-state index < -0.39 is 0 Å². The third kappa shape index (κ3) is 4.02. The molecule has 3 aromatic rings. The number of aromatic nitrogens is 2. The third-order valence-corrected chi connectivity index (χ3v) is 4.10. The summed E-state index contributed by atoms with van der Waals surface area (Å²) in [5, 5.41) is 8.58. The molecule has 0 N–H and O–H groups in total. The largest absolute Gasteiger partial charge is 0.492 e. The molecule has 3 rings (SSSR count). The molecule has 24 heavy (non-hydrogen) atoms. The van der Waals surface area contributed by atoms with Crippen LogP contribution in [0.5, 0.6) is 5.75 Å². The number of thioether (sulfide) groups is 1. The Kier molecular flexibility index (Phi) is 5.28. The minimum Gasteiger partial charge on any atom is -0.492 e. The second-order valence-corrected chi connectivity index (χ2v) is 6.14. The number of ether oxygens (including phenoxy) is 1. The van der Waals surface area contributed by atoms with Crippen molar-refractivity contribution in [1.82, 2.24) is 10.2 Å². The van der Waals surface area contributed by atoms with Gasteiger partial charge in [0.25, 0.3) is 5.22 Å². The predicted octanol–water partition coefficient (Wildman–Crippen LogP) is 4.03. The summed E-state index contributed by atoms with van der Waals surface area (Å²) >= 11 is 1.42. The Labute approximate surface area is 144 Å². The maximum Gasteiger partial charge on any atom is 0.276 e. The highest BCUT2D eigenvalue weighted by Crippen LogP contribution is 2.23. The van der Waals surface area contributed by atoms with Crippen molar-refractivity contribution in [1.29, 1.82) is 0 Å². The van der Waals surface area contributed by atoms with Gasteiger partial charge in [-0.1, -0.05) is 41.6 Å². The van der Waals surface area contributed by atoms with Crippen molar-refractivity contribution in [3.05, 3.63) is 59.7 Å². The lowest BCUT2D eigenvalue weighted by Crippen LogP contribution is -2.02. The van der Waals surface area contributed by atoms with E-state index in [2.05, 4.69) is 10.2 Å². The SMILES string of the molecule is Cc1ccc(-c2nnc(SCCOc3ccccc3C=O)o2)cc1. The van der Waals surface area contributed by atoms with Crippen molar-refractivity contribution in [2.45, 2.75) is 12.1 Å². The fourth-order valence-electron chi connectivity index (χ4n) is 2.07. The number of carbonyl (C=O) groups is 1. The van der Waals surface area contributed by atoms with Crippen LogP contribution < -0.4 is 4.74 Å². The molecule has 0 saturated carbocycles. The molecule has 1 aromatic heterocycles. The first kappa shape index (κ1) is 16.3. The molecule has 0 amide bonds. The van der Waals surface area contributed by atoms with Crippen LogP contribution in [0.4, 0.5) is 0 Å². The van der Waals surface area contributed by atoms with Crippen LogP contribution in [0.25, 0.3) is 11.5 Å². The number of aryl methyl sites for hydroxylation is 1. The minimum absolute atomic E-state index is 0.442. The average molecular weight is 340 g/mol. The number of hydrogen-bond donors (Lipinski definition) is 0. The number of hydrogen-bond acceptors (Lipinski definition) is 6. The average Bonchev–Trinajstić information content (AvgIpc) is 3.08. The molecule has 0 aliphatic carbocycles. The molecule has 0 fully saturated rings. The smallest absolute Gasteiger partial charge is 0.276 e. The van der Waals surface area contributed by atoms with Crippen LogP contribution in [-0.4, -0.2) is 28.8 Å². The molecule has 0 unspecified atom stereocenters. The maximum absolute atomic E-state index is 10.9. The Balaban J connectivity index is 1.52. The van der Waals surface area contributed by atoms with Gasteiger partial charge in [-0.15, -0.1) is 10.2 Å².